The molecule has 1 saturated heterocycles. The molecule has 0 saturated carbocycles. The number of urea groups is 1. The van der Waals surface area contributed by atoms with Crippen LogP contribution in [0.25, 0.3) is 0 Å². The number of benzene rings is 2. The van der Waals surface area contributed by atoms with E-state index in [0.717, 1.165) is 10.5 Å². The molecule has 2 aromatic rings. The van der Waals surface area contributed by atoms with Crippen LogP contribution < -0.4 is 15.4 Å². The summed E-state index contributed by atoms with van der Waals surface area (Å²) in [5.41, 5.74) is 0.587. The Morgan fingerprint density at radius 1 is 1.19 bits per heavy atom. The van der Waals surface area contributed by atoms with Crippen LogP contribution in [0.4, 0.5) is 19.3 Å². The zero-order valence-corrected chi connectivity index (χ0v) is 18.4. The fourth-order valence-corrected chi connectivity index (χ4v) is 3.58. The van der Waals surface area contributed by atoms with Crippen molar-refractivity contribution >= 4 is 35.1 Å². The second-order valence-electron chi connectivity index (χ2n) is 7.80. The van der Waals surface area contributed by atoms with Gasteiger partial charge in [0, 0.05) is 5.69 Å². The minimum atomic E-state index is -3.04. The smallest absolute Gasteiger partial charge is 0.387 e. The lowest BCUT2D eigenvalue weighted by atomic mass is 9.90. The highest BCUT2D eigenvalue weighted by atomic mass is 35.5. The van der Waals surface area contributed by atoms with Gasteiger partial charge >= 0.3 is 12.6 Å². The molecule has 7 nitrogen and oxygen atoms in total. The van der Waals surface area contributed by atoms with Gasteiger partial charge in [-0.25, -0.2) is 4.79 Å². The molecule has 0 spiro atoms. The van der Waals surface area contributed by atoms with Crippen LogP contribution in [0.15, 0.2) is 42.5 Å². The SMILES string of the molecule is CC(C)c1ccc(C2(C)NC(=O)N(CC(=O)Nc3ccc(OC(F)F)c(Cl)c3)C2=O)cc1. The number of amides is 4. The predicted molar refractivity (Wildman–Crippen MR) is 115 cm³/mol. The van der Waals surface area contributed by atoms with Crippen LogP contribution in [0.3, 0.4) is 0 Å². The molecule has 1 atom stereocenters. The number of nitrogens with one attached hydrogen (secondary N) is 2. The summed E-state index contributed by atoms with van der Waals surface area (Å²) in [4.78, 5) is 38.7. The molecular weight excluding hydrogens is 444 g/mol. The highest BCUT2D eigenvalue weighted by molar-refractivity contribution is 6.32. The standard InChI is InChI=1S/C22H22ClF2N3O4/c1-12(2)13-4-6-14(7-5-13)22(3)19(30)28(21(31)27-22)11-18(29)26-15-8-9-17(16(23)10-15)32-20(24)25/h4-10,12,20H,11H2,1-3H3,(H,26,29)(H,27,31). The summed E-state index contributed by atoms with van der Waals surface area (Å²) in [6, 6.07) is 10.4. The predicted octanol–water partition coefficient (Wildman–Crippen LogP) is 4.47. The fourth-order valence-electron chi connectivity index (χ4n) is 3.35. The van der Waals surface area contributed by atoms with Gasteiger partial charge in [0.1, 0.15) is 17.8 Å². The van der Waals surface area contributed by atoms with Gasteiger partial charge in [0.05, 0.1) is 5.02 Å². The van der Waals surface area contributed by atoms with Gasteiger partial charge in [-0.1, -0.05) is 49.7 Å². The maximum atomic E-state index is 13.0. The average Bonchev–Trinajstić information content (AvgIpc) is 2.94. The first-order valence-electron chi connectivity index (χ1n) is 9.80. The second-order valence-corrected chi connectivity index (χ2v) is 8.20. The Bertz CT molecular complexity index is 1050. The summed E-state index contributed by atoms with van der Waals surface area (Å²) in [5, 5.41) is 5.00. The molecule has 4 amide bonds. The second kappa shape index (κ2) is 9.12. The molecule has 0 bridgehead atoms. The van der Waals surface area contributed by atoms with E-state index in [0.29, 0.717) is 11.5 Å². The molecule has 32 heavy (non-hydrogen) atoms. The van der Waals surface area contributed by atoms with E-state index in [1.54, 1.807) is 19.1 Å². The van der Waals surface area contributed by atoms with Gasteiger partial charge in [-0.05, 0) is 42.2 Å². The van der Waals surface area contributed by atoms with Crippen LogP contribution in [0.1, 0.15) is 37.8 Å². The van der Waals surface area contributed by atoms with Crippen molar-refractivity contribution in [1.29, 1.82) is 0 Å². The number of imide groups is 1. The summed E-state index contributed by atoms with van der Waals surface area (Å²) in [6.45, 7) is 2.11. The number of ether oxygens (including phenoxy) is 1. The molecule has 0 aliphatic carbocycles. The van der Waals surface area contributed by atoms with Gasteiger partial charge in [0.15, 0.2) is 0 Å². The van der Waals surface area contributed by atoms with E-state index in [4.69, 9.17) is 11.6 Å². The Morgan fingerprint density at radius 3 is 2.41 bits per heavy atom. The van der Waals surface area contributed by atoms with E-state index in [-0.39, 0.29) is 16.5 Å². The van der Waals surface area contributed by atoms with Crippen LogP contribution in [0, 0.1) is 0 Å². The molecule has 3 rings (SSSR count). The minimum absolute atomic E-state index is 0.129. The third kappa shape index (κ3) is 4.83. The third-order valence-corrected chi connectivity index (χ3v) is 5.46. The zero-order chi connectivity index (χ0) is 23.6. The van der Waals surface area contributed by atoms with E-state index >= 15 is 0 Å². The highest BCUT2D eigenvalue weighted by Gasteiger charge is 2.49. The molecule has 1 aliphatic rings. The van der Waals surface area contributed by atoms with Crippen molar-refractivity contribution in [2.24, 2.45) is 0 Å². The summed E-state index contributed by atoms with van der Waals surface area (Å²) in [6.07, 6.45) is 0. The topological polar surface area (TPSA) is 87.7 Å². The number of hydrogen-bond donors (Lipinski definition) is 2. The molecule has 2 N–H and O–H groups in total. The number of carbonyl (C=O) groups excluding carboxylic acids is 3. The maximum absolute atomic E-state index is 13.0. The Kier molecular flexibility index (Phi) is 6.68. The lowest BCUT2D eigenvalue weighted by Crippen LogP contribution is -2.42. The number of alkyl halides is 2. The van der Waals surface area contributed by atoms with Crippen LogP contribution >= 0.6 is 11.6 Å². The van der Waals surface area contributed by atoms with Gasteiger partial charge in [-0.2, -0.15) is 8.78 Å². The van der Waals surface area contributed by atoms with Crippen LogP contribution in [0.2, 0.25) is 5.02 Å². The molecule has 0 radical (unpaired) electrons. The monoisotopic (exact) mass is 465 g/mol. The highest BCUT2D eigenvalue weighted by Crippen LogP contribution is 2.31. The van der Waals surface area contributed by atoms with Gasteiger partial charge in [0.25, 0.3) is 5.91 Å². The lowest BCUT2D eigenvalue weighted by Gasteiger charge is -2.22. The van der Waals surface area contributed by atoms with Crippen molar-refractivity contribution in [1.82, 2.24) is 10.2 Å². The Labute approximate surface area is 188 Å². The van der Waals surface area contributed by atoms with Crippen LogP contribution in [0.5, 0.6) is 5.75 Å². The zero-order valence-electron chi connectivity index (χ0n) is 17.6. The average molecular weight is 466 g/mol. The van der Waals surface area contributed by atoms with Crippen LogP contribution in [-0.4, -0.2) is 35.9 Å². The summed E-state index contributed by atoms with van der Waals surface area (Å²) < 4.78 is 28.9. The van der Waals surface area contributed by atoms with Crippen molar-refractivity contribution in [2.75, 3.05) is 11.9 Å². The Hall–Kier alpha value is -3.20. The van der Waals surface area contributed by atoms with Crippen LogP contribution in [-0.2, 0) is 15.1 Å². The number of halogens is 3. The first-order valence-corrected chi connectivity index (χ1v) is 10.2. The Balaban J connectivity index is 1.70. The van der Waals surface area contributed by atoms with E-state index in [9.17, 15) is 23.2 Å². The summed E-state index contributed by atoms with van der Waals surface area (Å²) in [5.74, 6) is -1.15. The number of rotatable bonds is 7. The molecule has 1 heterocycles. The van der Waals surface area contributed by atoms with Crippen molar-refractivity contribution in [3.05, 3.63) is 58.6 Å². The molecule has 170 valence electrons. The Morgan fingerprint density at radius 2 is 1.84 bits per heavy atom. The third-order valence-electron chi connectivity index (χ3n) is 5.16. The first-order chi connectivity index (χ1) is 15.0. The maximum Gasteiger partial charge on any atom is 0.387 e. The number of carbonyl (C=O) groups is 3. The van der Waals surface area contributed by atoms with Gasteiger partial charge < -0.3 is 15.4 Å². The van der Waals surface area contributed by atoms with Gasteiger partial charge in [0.2, 0.25) is 5.91 Å². The molecule has 1 unspecified atom stereocenters. The normalized spacial score (nSPS) is 18.3. The minimum Gasteiger partial charge on any atom is -0.433 e. The van der Waals surface area contributed by atoms with Crippen molar-refractivity contribution < 1.29 is 27.9 Å². The number of nitrogens with zero attached hydrogens (tertiary/aromatic N) is 1. The molecular formula is C22H22ClF2N3O4. The van der Waals surface area contributed by atoms with Gasteiger partial charge in [-0.15, -0.1) is 0 Å². The van der Waals surface area contributed by atoms with Gasteiger partial charge in [-0.3, -0.25) is 14.5 Å². The number of anilines is 1. The summed E-state index contributed by atoms with van der Waals surface area (Å²) >= 11 is 5.87. The first kappa shape index (κ1) is 23.5. The van der Waals surface area contributed by atoms with E-state index in [1.165, 1.54) is 18.2 Å². The molecule has 1 aliphatic heterocycles. The number of hydrogen-bond acceptors (Lipinski definition) is 4. The summed E-state index contributed by atoms with van der Waals surface area (Å²) in [7, 11) is 0. The van der Waals surface area contributed by atoms with Crippen molar-refractivity contribution in [3.8, 4) is 5.75 Å². The van der Waals surface area contributed by atoms with E-state index < -0.39 is 36.5 Å². The van der Waals surface area contributed by atoms with Crippen molar-refractivity contribution in [2.45, 2.75) is 38.8 Å². The fraction of sp³-hybridized carbons (Fsp3) is 0.318. The molecule has 10 heteroatoms. The quantitative estimate of drug-likeness (QED) is 0.590. The lowest BCUT2D eigenvalue weighted by molar-refractivity contribution is -0.133. The molecule has 0 aromatic heterocycles. The van der Waals surface area contributed by atoms with Crippen molar-refractivity contribution in [3.63, 3.8) is 0 Å². The van der Waals surface area contributed by atoms with E-state index in [1.807, 2.05) is 26.0 Å². The largest absolute Gasteiger partial charge is 0.433 e. The van der Waals surface area contributed by atoms with E-state index in [2.05, 4.69) is 15.4 Å². The molecule has 2 aromatic carbocycles. The molecule has 1 fully saturated rings.